The summed E-state index contributed by atoms with van der Waals surface area (Å²) in [6.07, 6.45) is -5.98. The van der Waals surface area contributed by atoms with Gasteiger partial charge in [-0.05, 0) is 74.1 Å². The Balaban J connectivity index is 1.41. The van der Waals surface area contributed by atoms with E-state index in [1.54, 1.807) is 12.1 Å². The molecule has 1 aromatic heterocycles. The van der Waals surface area contributed by atoms with Gasteiger partial charge >= 0.3 is 12.4 Å². The fourth-order valence-electron chi connectivity index (χ4n) is 6.56. The highest BCUT2D eigenvalue weighted by atomic mass is 19.4. The number of aliphatic hydroxyl groups is 1. The maximum absolute atomic E-state index is 13.7. The highest BCUT2D eigenvalue weighted by Gasteiger charge is 2.57. The van der Waals surface area contributed by atoms with E-state index in [1.807, 2.05) is 19.9 Å². The van der Waals surface area contributed by atoms with Crippen molar-refractivity contribution in [2.75, 3.05) is 11.5 Å². The third kappa shape index (κ3) is 5.91. The van der Waals surface area contributed by atoms with Gasteiger partial charge in [0.15, 0.2) is 0 Å². The monoisotopic (exact) mass is 611 g/mol. The second-order valence-corrected chi connectivity index (χ2v) is 11.1. The number of allylic oxidation sites excluding steroid dienone is 2. The van der Waals surface area contributed by atoms with Crippen LogP contribution in [-0.2, 0) is 33.3 Å². The Morgan fingerprint density at radius 3 is 2.23 bits per heavy atom. The summed E-state index contributed by atoms with van der Waals surface area (Å²) >= 11 is 0. The van der Waals surface area contributed by atoms with Gasteiger partial charge in [-0.25, -0.2) is 4.90 Å². The maximum atomic E-state index is 13.7. The summed E-state index contributed by atoms with van der Waals surface area (Å²) < 4.78 is 92.9. The van der Waals surface area contributed by atoms with E-state index in [9.17, 15) is 41.0 Å². The summed E-state index contributed by atoms with van der Waals surface area (Å²) in [7, 11) is 0. The molecule has 2 aliphatic heterocycles. The van der Waals surface area contributed by atoms with Crippen LogP contribution >= 0.6 is 0 Å². The maximum Gasteiger partial charge on any atom is 0.416 e. The molecule has 4 atom stereocenters. The Morgan fingerprint density at radius 2 is 1.67 bits per heavy atom. The number of ether oxygens (including phenoxy) is 1. The Kier molecular flexibility index (Phi) is 8.38. The summed E-state index contributed by atoms with van der Waals surface area (Å²) in [5.41, 5.74) is -1.01. The highest BCUT2D eigenvalue weighted by Crippen LogP contribution is 2.52. The average Bonchev–Trinajstić information content (AvgIpc) is 3.65. The molecule has 43 heavy (non-hydrogen) atoms. The molecule has 0 spiro atoms. The zero-order valence-electron chi connectivity index (χ0n) is 23.5. The third-order valence-electron chi connectivity index (χ3n) is 8.63. The number of alkyl halides is 6. The fraction of sp³-hybridized carbons (Fsp3) is 0.484. The van der Waals surface area contributed by atoms with Gasteiger partial charge in [0, 0.05) is 5.92 Å². The molecule has 3 heterocycles. The number of hydrogen-bond donors (Lipinski definition) is 1. The second-order valence-electron chi connectivity index (χ2n) is 11.1. The number of rotatable bonds is 8. The van der Waals surface area contributed by atoms with E-state index < -0.39 is 58.7 Å². The standard InChI is InChI=1S/C31H31F6NO5/c1-3-16(9-21-6-7-22(14-39)43-21)5-8-25-26-17(4-2)10-23-27(24(26)15-42-25)29(41)38(28(23)40)20-12-18(30(32,33)34)11-19(13-20)31(35,36)37/h6-7,9,11-13,23-25,27,39H,3-5,8,10,14-15H2,1-2H3/b16-9+/t23-,24+,25-,27-/m1/s1. The van der Waals surface area contributed by atoms with Crippen LogP contribution in [-0.4, -0.2) is 29.6 Å². The number of fused-ring (bicyclic) bond motifs is 3. The Morgan fingerprint density at radius 1 is 1.00 bits per heavy atom. The predicted molar refractivity (Wildman–Crippen MR) is 143 cm³/mol. The van der Waals surface area contributed by atoms with Gasteiger partial charge in [0.25, 0.3) is 0 Å². The molecule has 0 radical (unpaired) electrons. The van der Waals surface area contributed by atoms with Crippen molar-refractivity contribution in [3.63, 3.8) is 0 Å². The van der Waals surface area contributed by atoms with Gasteiger partial charge in [-0.1, -0.05) is 25.0 Å². The molecule has 2 amide bonds. The van der Waals surface area contributed by atoms with Crippen LogP contribution in [0.2, 0.25) is 0 Å². The molecule has 6 nitrogen and oxygen atoms in total. The number of nitrogens with zero attached hydrogens (tertiary/aromatic N) is 1. The summed E-state index contributed by atoms with van der Waals surface area (Å²) in [6.45, 7) is 3.82. The van der Waals surface area contributed by atoms with Crippen LogP contribution in [0.15, 0.2) is 51.5 Å². The van der Waals surface area contributed by atoms with Crippen molar-refractivity contribution in [1.29, 1.82) is 0 Å². The van der Waals surface area contributed by atoms with E-state index in [0.29, 0.717) is 47.8 Å². The molecule has 1 aromatic carbocycles. The molecule has 2 fully saturated rings. The van der Waals surface area contributed by atoms with Crippen LogP contribution in [0.5, 0.6) is 0 Å². The molecule has 2 aromatic rings. The quantitative estimate of drug-likeness (QED) is 0.192. The van der Waals surface area contributed by atoms with Gasteiger partial charge in [0.2, 0.25) is 11.8 Å². The summed E-state index contributed by atoms with van der Waals surface area (Å²) in [5.74, 6) is -2.88. The van der Waals surface area contributed by atoms with Crippen molar-refractivity contribution in [2.24, 2.45) is 17.8 Å². The van der Waals surface area contributed by atoms with Crippen LogP contribution in [0.3, 0.4) is 0 Å². The molecule has 3 aliphatic rings. The predicted octanol–water partition coefficient (Wildman–Crippen LogP) is 7.31. The first-order valence-electron chi connectivity index (χ1n) is 14.2. The highest BCUT2D eigenvalue weighted by molar-refractivity contribution is 6.22. The SMILES string of the molecule is CCC1=C2[C@@H](CC/C(=C/c3ccc(CO)o3)CC)OC[C@@H]2[C@@H]2C(=O)N(c3cc(C(F)(F)F)cc(C(F)(F)F)c3)C(=O)[C@@H]2C1. The number of anilines is 1. The number of halogens is 6. The van der Waals surface area contributed by atoms with Crippen molar-refractivity contribution >= 4 is 23.6 Å². The van der Waals surface area contributed by atoms with Gasteiger partial charge < -0.3 is 14.3 Å². The van der Waals surface area contributed by atoms with Crippen molar-refractivity contribution in [3.8, 4) is 0 Å². The molecule has 1 aliphatic carbocycles. The Hall–Kier alpha value is -3.38. The molecule has 0 bridgehead atoms. The van der Waals surface area contributed by atoms with Crippen molar-refractivity contribution in [3.05, 3.63) is 69.7 Å². The van der Waals surface area contributed by atoms with Gasteiger partial charge in [-0.3, -0.25) is 9.59 Å². The lowest BCUT2D eigenvalue weighted by Gasteiger charge is -2.31. The zero-order valence-corrected chi connectivity index (χ0v) is 23.5. The van der Waals surface area contributed by atoms with Gasteiger partial charge in [-0.2, -0.15) is 26.3 Å². The molecule has 0 saturated carbocycles. The van der Waals surface area contributed by atoms with E-state index in [1.165, 1.54) is 0 Å². The third-order valence-corrected chi connectivity index (χ3v) is 8.63. The van der Waals surface area contributed by atoms with E-state index in [-0.39, 0.29) is 31.8 Å². The van der Waals surface area contributed by atoms with Crippen molar-refractivity contribution in [1.82, 2.24) is 0 Å². The molecular formula is C31H31F6NO5. The zero-order chi connectivity index (χ0) is 31.3. The van der Waals surface area contributed by atoms with Crippen molar-refractivity contribution in [2.45, 2.75) is 71.0 Å². The van der Waals surface area contributed by atoms with E-state index in [2.05, 4.69) is 0 Å². The Labute approximate surface area is 244 Å². The summed E-state index contributed by atoms with van der Waals surface area (Å²) in [4.78, 5) is 27.7. The summed E-state index contributed by atoms with van der Waals surface area (Å²) in [6, 6.07) is 4.27. The molecule has 0 unspecified atom stereocenters. The van der Waals surface area contributed by atoms with Gasteiger partial charge in [0.05, 0.1) is 41.4 Å². The molecule has 1 N–H and O–H groups in total. The molecule has 12 heteroatoms. The van der Waals surface area contributed by atoms with Crippen molar-refractivity contribution < 1.29 is 50.2 Å². The minimum Gasteiger partial charge on any atom is -0.459 e. The first kappa shape index (κ1) is 31.1. The topological polar surface area (TPSA) is 80.0 Å². The van der Waals surface area contributed by atoms with E-state index >= 15 is 0 Å². The lowest BCUT2D eigenvalue weighted by molar-refractivity contribution is -0.143. The molecule has 5 rings (SSSR count). The number of carbonyl (C=O) groups excluding carboxylic acids is 2. The minimum absolute atomic E-state index is 0.0255. The first-order valence-corrected chi connectivity index (χ1v) is 14.2. The smallest absolute Gasteiger partial charge is 0.416 e. The van der Waals surface area contributed by atoms with Crippen LogP contribution in [0.25, 0.3) is 6.08 Å². The number of amides is 2. The fourth-order valence-corrected chi connectivity index (χ4v) is 6.56. The summed E-state index contributed by atoms with van der Waals surface area (Å²) in [5, 5.41) is 9.24. The minimum atomic E-state index is -5.12. The van der Waals surface area contributed by atoms with E-state index in [4.69, 9.17) is 9.15 Å². The number of imide groups is 1. The number of furan rings is 1. The lowest BCUT2D eigenvalue weighted by Crippen LogP contribution is -2.34. The Bertz CT molecular complexity index is 1440. The lowest BCUT2D eigenvalue weighted by atomic mass is 9.69. The number of benzene rings is 1. The second kappa shape index (κ2) is 11.6. The molecular weight excluding hydrogens is 580 g/mol. The number of aliphatic hydroxyl groups excluding tert-OH is 1. The van der Waals surface area contributed by atoms with Crippen LogP contribution in [0.4, 0.5) is 32.0 Å². The van der Waals surface area contributed by atoms with Crippen LogP contribution in [0.1, 0.15) is 68.6 Å². The van der Waals surface area contributed by atoms with Gasteiger partial charge in [0.1, 0.15) is 18.1 Å². The largest absolute Gasteiger partial charge is 0.459 e. The molecule has 232 valence electrons. The first-order chi connectivity index (χ1) is 20.3. The van der Waals surface area contributed by atoms with Crippen LogP contribution in [0, 0.1) is 17.8 Å². The van der Waals surface area contributed by atoms with Crippen LogP contribution < -0.4 is 4.90 Å². The number of carbonyl (C=O) groups is 2. The van der Waals surface area contributed by atoms with Gasteiger partial charge in [-0.15, -0.1) is 0 Å². The van der Waals surface area contributed by atoms with E-state index in [0.717, 1.165) is 23.1 Å². The normalized spacial score (nSPS) is 24.7. The molecule has 2 saturated heterocycles. The number of hydrogen-bond acceptors (Lipinski definition) is 5. The average molecular weight is 612 g/mol.